The van der Waals surface area contributed by atoms with Gasteiger partial charge in [-0.05, 0) is 25.2 Å². The van der Waals surface area contributed by atoms with Crippen LogP contribution in [0.25, 0.3) is 0 Å². The molecular formula is C14H18N6O. The molecule has 0 radical (unpaired) electrons. The highest BCUT2D eigenvalue weighted by Crippen LogP contribution is 2.17. The van der Waals surface area contributed by atoms with E-state index in [0.717, 1.165) is 31.9 Å². The van der Waals surface area contributed by atoms with Crippen LogP contribution in [0.5, 0.6) is 0 Å². The Balaban J connectivity index is 1.63. The molecule has 0 bridgehead atoms. The molecule has 2 N–H and O–H groups in total. The number of anilines is 2. The number of amides is 1. The molecule has 1 amide bonds. The number of carbonyl (C=O) groups is 1. The summed E-state index contributed by atoms with van der Waals surface area (Å²) in [6.07, 6.45) is 3.34. The highest BCUT2D eigenvalue weighted by molar-refractivity contribution is 6.02. The number of nitrogens with zero attached hydrogens (tertiary/aromatic N) is 4. The lowest BCUT2D eigenvalue weighted by Gasteiger charge is -2.33. The number of aromatic nitrogens is 3. The van der Waals surface area contributed by atoms with E-state index in [1.807, 2.05) is 12.1 Å². The average Bonchev–Trinajstić information content (AvgIpc) is 3.03. The smallest absolute Gasteiger partial charge is 0.274 e. The van der Waals surface area contributed by atoms with Gasteiger partial charge >= 0.3 is 0 Å². The monoisotopic (exact) mass is 286 g/mol. The minimum Gasteiger partial charge on any atom is -0.368 e. The molecule has 1 saturated heterocycles. The van der Waals surface area contributed by atoms with Gasteiger partial charge < -0.3 is 15.1 Å². The Morgan fingerprint density at radius 2 is 2.05 bits per heavy atom. The molecule has 0 aliphatic carbocycles. The molecule has 21 heavy (non-hydrogen) atoms. The first-order valence-electron chi connectivity index (χ1n) is 6.92. The molecule has 3 rings (SSSR count). The van der Waals surface area contributed by atoms with Gasteiger partial charge in [0.25, 0.3) is 5.91 Å². The van der Waals surface area contributed by atoms with Crippen molar-refractivity contribution in [3.05, 3.63) is 36.3 Å². The second-order valence-corrected chi connectivity index (χ2v) is 5.12. The maximum atomic E-state index is 11.9. The van der Waals surface area contributed by atoms with Crippen LogP contribution < -0.4 is 10.2 Å². The van der Waals surface area contributed by atoms with Crippen LogP contribution in [0, 0.1) is 0 Å². The molecule has 0 atom stereocenters. The van der Waals surface area contributed by atoms with Gasteiger partial charge in [-0.25, -0.2) is 4.98 Å². The van der Waals surface area contributed by atoms with Crippen molar-refractivity contribution in [3.8, 4) is 0 Å². The lowest BCUT2D eigenvalue weighted by molar-refractivity contribution is 0.102. The average molecular weight is 286 g/mol. The van der Waals surface area contributed by atoms with Crippen LogP contribution in [0.3, 0.4) is 0 Å². The van der Waals surface area contributed by atoms with Gasteiger partial charge in [-0.2, -0.15) is 5.10 Å². The summed E-state index contributed by atoms with van der Waals surface area (Å²) in [5.74, 6) is 0.292. The van der Waals surface area contributed by atoms with Gasteiger partial charge in [-0.1, -0.05) is 0 Å². The van der Waals surface area contributed by atoms with Crippen LogP contribution in [-0.4, -0.2) is 59.2 Å². The Labute approximate surface area is 123 Å². The van der Waals surface area contributed by atoms with Gasteiger partial charge in [-0.15, -0.1) is 0 Å². The van der Waals surface area contributed by atoms with Gasteiger partial charge in [0.15, 0.2) is 0 Å². The minimum absolute atomic E-state index is 0.243. The van der Waals surface area contributed by atoms with Crippen molar-refractivity contribution in [1.82, 2.24) is 20.1 Å². The Bertz CT molecular complexity index is 586. The summed E-state index contributed by atoms with van der Waals surface area (Å²) < 4.78 is 0. The Morgan fingerprint density at radius 1 is 1.24 bits per heavy atom. The predicted molar refractivity (Wildman–Crippen MR) is 80.5 cm³/mol. The van der Waals surface area contributed by atoms with Gasteiger partial charge in [0, 0.05) is 32.4 Å². The lowest BCUT2D eigenvalue weighted by atomic mass is 10.3. The molecule has 7 heteroatoms. The van der Waals surface area contributed by atoms with Crippen molar-refractivity contribution >= 4 is 17.4 Å². The number of carbonyl (C=O) groups excluding carboxylic acids is 1. The van der Waals surface area contributed by atoms with Crippen LogP contribution in [0.1, 0.15) is 10.5 Å². The number of rotatable bonds is 3. The van der Waals surface area contributed by atoms with Gasteiger partial charge in [0.05, 0.1) is 11.9 Å². The molecule has 7 nitrogen and oxygen atoms in total. The van der Waals surface area contributed by atoms with Gasteiger partial charge in [0.2, 0.25) is 0 Å². The molecule has 0 aromatic carbocycles. The predicted octanol–water partition coefficient (Wildman–Crippen LogP) is 0.809. The summed E-state index contributed by atoms with van der Waals surface area (Å²) in [6, 6.07) is 5.43. The van der Waals surface area contributed by atoms with E-state index in [4.69, 9.17) is 0 Å². The minimum atomic E-state index is -0.243. The number of aromatic amines is 1. The lowest BCUT2D eigenvalue weighted by Crippen LogP contribution is -2.44. The molecule has 0 spiro atoms. The SMILES string of the molecule is CN1CCN(c2ccc(NC(=O)c3ccn[nH]3)nc2)CC1. The van der Waals surface area contributed by atoms with Crippen molar-refractivity contribution in [2.75, 3.05) is 43.4 Å². The first kappa shape index (κ1) is 13.6. The van der Waals surface area contributed by atoms with Crippen molar-refractivity contribution in [2.24, 2.45) is 0 Å². The fourth-order valence-corrected chi connectivity index (χ4v) is 2.28. The van der Waals surface area contributed by atoms with Crippen LogP contribution in [0.4, 0.5) is 11.5 Å². The molecular weight excluding hydrogens is 268 g/mol. The molecule has 1 aliphatic heterocycles. The van der Waals surface area contributed by atoms with Crippen LogP contribution in [0.2, 0.25) is 0 Å². The molecule has 110 valence electrons. The first-order valence-corrected chi connectivity index (χ1v) is 6.92. The Morgan fingerprint density at radius 3 is 2.67 bits per heavy atom. The molecule has 1 fully saturated rings. The molecule has 1 aliphatic rings. The maximum Gasteiger partial charge on any atom is 0.274 e. The number of likely N-dealkylation sites (N-methyl/N-ethyl adjacent to an activating group) is 1. The van der Waals surface area contributed by atoms with E-state index in [2.05, 4.69) is 37.3 Å². The summed E-state index contributed by atoms with van der Waals surface area (Å²) in [4.78, 5) is 20.8. The highest BCUT2D eigenvalue weighted by Gasteiger charge is 2.14. The Hall–Kier alpha value is -2.41. The van der Waals surface area contributed by atoms with Crippen LogP contribution in [-0.2, 0) is 0 Å². The number of piperazine rings is 1. The normalized spacial score (nSPS) is 16.0. The fraction of sp³-hybridized carbons (Fsp3) is 0.357. The van der Waals surface area contributed by atoms with Crippen LogP contribution in [0.15, 0.2) is 30.6 Å². The summed E-state index contributed by atoms with van der Waals surface area (Å²) in [7, 11) is 2.13. The second kappa shape index (κ2) is 5.92. The van der Waals surface area contributed by atoms with Gasteiger partial charge in [-0.3, -0.25) is 9.89 Å². The highest BCUT2D eigenvalue weighted by atomic mass is 16.2. The standard InChI is InChI=1S/C14H18N6O/c1-19-6-8-20(9-7-19)11-2-3-13(15-10-11)17-14(21)12-4-5-16-18-12/h2-5,10H,6-9H2,1H3,(H,16,18)(H,15,17,21). The molecule has 3 heterocycles. The third kappa shape index (κ3) is 3.19. The van der Waals surface area contributed by atoms with E-state index in [0.29, 0.717) is 11.5 Å². The quantitative estimate of drug-likeness (QED) is 0.873. The number of hydrogen-bond acceptors (Lipinski definition) is 5. The first-order chi connectivity index (χ1) is 10.2. The van der Waals surface area contributed by atoms with E-state index < -0.39 is 0 Å². The molecule has 2 aromatic heterocycles. The van der Waals surface area contributed by atoms with E-state index >= 15 is 0 Å². The van der Waals surface area contributed by atoms with Crippen molar-refractivity contribution in [2.45, 2.75) is 0 Å². The summed E-state index contributed by atoms with van der Waals surface area (Å²) >= 11 is 0. The van der Waals surface area contributed by atoms with E-state index in [1.54, 1.807) is 18.5 Å². The van der Waals surface area contributed by atoms with Crippen molar-refractivity contribution in [3.63, 3.8) is 0 Å². The largest absolute Gasteiger partial charge is 0.368 e. The zero-order chi connectivity index (χ0) is 14.7. The van der Waals surface area contributed by atoms with Gasteiger partial charge in [0.1, 0.15) is 11.5 Å². The number of pyridine rings is 1. The van der Waals surface area contributed by atoms with E-state index in [1.165, 1.54) is 0 Å². The number of H-pyrrole nitrogens is 1. The van der Waals surface area contributed by atoms with E-state index in [9.17, 15) is 4.79 Å². The maximum absolute atomic E-state index is 11.9. The second-order valence-electron chi connectivity index (χ2n) is 5.12. The topological polar surface area (TPSA) is 77.1 Å². The third-order valence-electron chi connectivity index (χ3n) is 3.60. The van der Waals surface area contributed by atoms with Crippen molar-refractivity contribution < 1.29 is 4.79 Å². The summed E-state index contributed by atoms with van der Waals surface area (Å²) in [5.41, 5.74) is 1.50. The third-order valence-corrected chi connectivity index (χ3v) is 3.60. The molecule has 0 unspecified atom stereocenters. The summed E-state index contributed by atoms with van der Waals surface area (Å²) in [6.45, 7) is 4.10. The molecule has 2 aromatic rings. The van der Waals surface area contributed by atoms with E-state index in [-0.39, 0.29) is 5.91 Å². The number of nitrogens with one attached hydrogen (secondary N) is 2. The summed E-state index contributed by atoms with van der Waals surface area (Å²) in [5, 5.41) is 9.10. The zero-order valence-electron chi connectivity index (χ0n) is 11.9. The number of hydrogen-bond donors (Lipinski definition) is 2. The van der Waals surface area contributed by atoms with Crippen molar-refractivity contribution in [1.29, 1.82) is 0 Å². The Kier molecular flexibility index (Phi) is 3.83. The zero-order valence-corrected chi connectivity index (χ0v) is 11.9. The van der Waals surface area contributed by atoms with Crippen LogP contribution >= 0.6 is 0 Å². The fourth-order valence-electron chi connectivity index (χ4n) is 2.28. The molecule has 0 saturated carbocycles.